The monoisotopic (exact) mass is 418 g/mol. The van der Waals surface area contributed by atoms with Crippen LogP contribution in [0.4, 0.5) is 11.4 Å². The lowest BCUT2D eigenvalue weighted by Crippen LogP contribution is -2.46. The molecule has 1 atom stereocenters. The third kappa shape index (κ3) is 4.28. The molecule has 8 heteroatoms. The number of hydrogen-bond donors (Lipinski definition) is 2. The molecule has 8 nitrogen and oxygen atoms in total. The van der Waals surface area contributed by atoms with Crippen molar-refractivity contribution >= 4 is 23.2 Å². The van der Waals surface area contributed by atoms with Gasteiger partial charge >= 0.3 is 0 Å². The Balaban J connectivity index is 1.59. The highest BCUT2D eigenvalue weighted by atomic mass is 16.5. The van der Waals surface area contributed by atoms with Crippen molar-refractivity contribution < 1.29 is 19.1 Å². The van der Waals surface area contributed by atoms with E-state index >= 15 is 0 Å². The predicted molar refractivity (Wildman–Crippen MR) is 116 cm³/mol. The lowest BCUT2D eigenvalue weighted by Gasteiger charge is -2.37. The second kappa shape index (κ2) is 8.74. The van der Waals surface area contributed by atoms with E-state index in [4.69, 9.17) is 9.47 Å². The minimum absolute atomic E-state index is 0.136. The van der Waals surface area contributed by atoms with Crippen molar-refractivity contribution in [3.05, 3.63) is 78.0 Å². The molecule has 4 rings (SSSR count). The van der Waals surface area contributed by atoms with E-state index in [1.54, 1.807) is 31.4 Å². The van der Waals surface area contributed by atoms with Gasteiger partial charge in [0.05, 0.1) is 31.7 Å². The zero-order chi connectivity index (χ0) is 21.8. The molecule has 1 aromatic heterocycles. The molecule has 3 aromatic rings. The lowest BCUT2D eigenvalue weighted by atomic mass is 10.0. The van der Waals surface area contributed by atoms with Gasteiger partial charge in [-0.15, -0.1) is 0 Å². The van der Waals surface area contributed by atoms with Crippen molar-refractivity contribution in [1.29, 1.82) is 0 Å². The molecule has 2 N–H and O–H groups in total. The Hall–Kier alpha value is -4.07. The van der Waals surface area contributed by atoms with Crippen molar-refractivity contribution in [2.45, 2.75) is 6.17 Å². The predicted octanol–water partition coefficient (Wildman–Crippen LogP) is 3.30. The third-order valence-corrected chi connectivity index (χ3v) is 5.00. The first-order valence-electron chi connectivity index (χ1n) is 9.69. The first-order chi connectivity index (χ1) is 15.1. The van der Waals surface area contributed by atoms with E-state index in [-0.39, 0.29) is 18.4 Å². The molecule has 0 bridgehead atoms. The fourth-order valence-corrected chi connectivity index (χ4v) is 3.44. The zero-order valence-corrected chi connectivity index (χ0v) is 17.2. The summed E-state index contributed by atoms with van der Waals surface area (Å²) in [7, 11) is 3.12. The maximum atomic E-state index is 13.2. The van der Waals surface area contributed by atoms with Crippen molar-refractivity contribution in [2.24, 2.45) is 0 Å². The number of rotatable bonds is 6. The number of anilines is 2. The molecule has 158 valence electrons. The number of fused-ring (bicyclic) bond motifs is 1. The van der Waals surface area contributed by atoms with Crippen LogP contribution in [0.1, 0.15) is 22.1 Å². The molecule has 2 aromatic carbocycles. The average Bonchev–Trinajstić information content (AvgIpc) is 2.81. The number of methoxy groups -OCH3 is 2. The van der Waals surface area contributed by atoms with Gasteiger partial charge < -0.3 is 25.0 Å². The SMILES string of the molecule is COc1ccc(C2Nc3ccccc3C(=O)N2CC(=O)Nc2ccc(OC)nc2)cc1. The smallest absolute Gasteiger partial charge is 0.258 e. The van der Waals surface area contributed by atoms with Crippen molar-refractivity contribution in [2.75, 3.05) is 31.4 Å². The quantitative estimate of drug-likeness (QED) is 0.638. The Morgan fingerprint density at radius 2 is 1.84 bits per heavy atom. The minimum Gasteiger partial charge on any atom is -0.497 e. The molecule has 2 heterocycles. The molecular weight excluding hydrogens is 396 g/mol. The fourth-order valence-electron chi connectivity index (χ4n) is 3.44. The van der Waals surface area contributed by atoms with Gasteiger partial charge in [0.15, 0.2) is 0 Å². The number of amides is 2. The Labute approximate surface area is 179 Å². The largest absolute Gasteiger partial charge is 0.497 e. The number of carbonyl (C=O) groups is 2. The molecule has 0 saturated carbocycles. The maximum absolute atomic E-state index is 13.2. The molecule has 1 unspecified atom stereocenters. The molecule has 0 fully saturated rings. The highest BCUT2D eigenvalue weighted by Gasteiger charge is 2.34. The first kappa shape index (κ1) is 20.2. The molecule has 1 aliphatic rings. The highest BCUT2D eigenvalue weighted by Crippen LogP contribution is 2.33. The molecular formula is C23H22N4O4. The van der Waals surface area contributed by atoms with Gasteiger partial charge in [0.2, 0.25) is 11.8 Å². The van der Waals surface area contributed by atoms with Gasteiger partial charge in [0, 0.05) is 11.8 Å². The summed E-state index contributed by atoms with van der Waals surface area (Å²) in [5.41, 5.74) is 2.60. The molecule has 2 amide bonds. The molecule has 0 radical (unpaired) electrons. The van der Waals surface area contributed by atoms with E-state index in [1.165, 1.54) is 18.2 Å². The number of benzene rings is 2. The van der Waals surface area contributed by atoms with Crippen LogP contribution in [-0.2, 0) is 4.79 Å². The van der Waals surface area contributed by atoms with Gasteiger partial charge in [0.25, 0.3) is 5.91 Å². The summed E-state index contributed by atoms with van der Waals surface area (Å²) in [5.74, 6) is 0.602. The lowest BCUT2D eigenvalue weighted by molar-refractivity contribution is -0.117. The van der Waals surface area contributed by atoms with Gasteiger partial charge in [-0.25, -0.2) is 4.98 Å². The second-order valence-electron chi connectivity index (χ2n) is 6.94. The Morgan fingerprint density at radius 1 is 1.06 bits per heavy atom. The van der Waals surface area contributed by atoms with Crippen LogP contribution in [0, 0.1) is 0 Å². The van der Waals surface area contributed by atoms with E-state index in [2.05, 4.69) is 15.6 Å². The number of nitrogens with one attached hydrogen (secondary N) is 2. The summed E-state index contributed by atoms with van der Waals surface area (Å²) in [6.07, 6.45) is 0.997. The molecule has 0 saturated heterocycles. The first-order valence-corrected chi connectivity index (χ1v) is 9.69. The number of para-hydroxylation sites is 1. The average molecular weight is 418 g/mol. The van der Waals surface area contributed by atoms with Crippen molar-refractivity contribution in [1.82, 2.24) is 9.88 Å². The third-order valence-electron chi connectivity index (χ3n) is 5.00. The Kier molecular flexibility index (Phi) is 5.70. The van der Waals surface area contributed by atoms with Gasteiger partial charge in [-0.2, -0.15) is 0 Å². The van der Waals surface area contributed by atoms with E-state index in [0.717, 1.165) is 11.3 Å². The second-order valence-corrected chi connectivity index (χ2v) is 6.94. The maximum Gasteiger partial charge on any atom is 0.258 e. The number of carbonyl (C=O) groups excluding carboxylic acids is 2. The normalized spacial score (nSPS) is 15.0. The molecule has 1 aliphatic heterocycles. The summed E-state index contributed by atoms with van der Waals surface area (Å²) in [6, 6.07) is 18.0. The fraction of sp³-hybridized carbons (Fsp3) is 0.174. The van der Waals surface area contributed by atoms with E-state index in [0.29, 0.717) is 22.9 Å². The standard InChI is InChI=1S/C23H22N4O4/c1-30-17-10-7-15(8-11-17)22-26-19-6-4-3-5-18(19)23(29)27(22)14-20(28)25-16-9-12-21(31-2)24-13-16/h3-13,22,26H,14H2,1-2H3,(H,25,28). The topological polar surface area (TPSA) is 92.8 Å². The van der Waals surface area contributed by atoms with Crippen LogP contribution in [0.15, 0.2) is 66.9 Å². The summed E-state index contributed by atoms with van der Waals surface area (Å²) < 4.78 is 10.3. The van der Waals surface area contributed by atoms with Crippen LogP contribution in [-0.4, -0.2) is 42.5 Å². The molecule has 0 spiro atoms. The van der Waals surface area contributed by atoms with E-state index in [9.17, 15) is 9.59 Å². The van der Waals surface area contributed by atoms with E-state index in [1.807, 2.05) is 36.4 Å². The number of hydrogen-bond acceptors (Lipinski definition) is 6. The number of pyridine rings is 1. The van der Waals surface area contributed by atoms with Crippen molar-refractivity contribution in [3.8, 4) is 11.6 Å². The molecule has 0 aliphatic carbocycles. The highest BCUT2D eigenvalue weighted by molar-refractivity contribution is 6.04. The Morgan fingerprint density at radius 3 is 2.52 bits per heavy atom. The minimum atomic E-state index is -0.506. The van der Waals surface area contributed by atoms with Crippen LogP contribution >= 0.6 is 0 Å². The summed E-state index contributed by atoms with van der Waals surface area (Å²) >= 11 is 0. The van der Waals surface area contributed by atoms with Crippen LogP contribution in [0.3, 0.4) is 0 Å². The number of aromatic nitrogens is 1. The van der Waals surface area contributed by atoms with Crippen LogP contribution in [0.5, 0.6) is 11.6 Å². The molecule has 31 heavy (non-hydrogen) atoms. The van der Waals surface area contributed by atoms with E-state index < -0.39 is 6.17 Å². The zero-order valence-electron chi connectivity index (χ0n) is 17.2. The Bertz CT molecular complexity index is 1080. The number of nitrogens with zero attached hydrogens (tertiary/aromatic N) is 2. The summed E-state index contributed by atoms with van der Waals surface area (Å²) in [4.78, 5) is 31.6. The van der Waals surface area contributed by atoms with Gasteiger partial charge in [0.1, 0.15) is 18.5 Å². The van der Waals surface area contributed by atoms with Crippen molar-refractivity contribution in [3.63, 3.8) is 0 Å². The van der Waals surface area contributed by atoms with Gasteiger partial charge in [-0.3, -0.25) is 9.59 Å². The van der Waals surface area contributed by atoms with Crippen LogP contribution < -0.4 is 20.1 Å². The van der Waals surface area contributed by atoms with Gasteiger partial charge in [-0.1, -0.05) is 24.3 Å². The van der Waals surface area contributed by atoms with Crippen LogP contribution in [0.2, 0.25) is 0 Å². The van der Waals surface area contributed by atoms with Gasteiger partial charge in [-0.05, 0) is 35.9 Å². The summed E-state index contributed by atoms with van der Waals surface area (Å²) in [5, 5.41) is 6.15. The summed E-state index contributed by atoms with van der Waals surface area (Å²) in [6.45, 7) is -0.136. The number of ether oxygens (including phenoxy) is 2. The van der Waals surface area contributed by atoms with Crippen LogP contribution in [0.25, 0.3) is 0 Å².